The van der Waals surface area contributed by atoms with Crippen LogP contribution in [-0.2, 0) is 5.66 Å². The first-order valence-corrected chi connectivity index (χ1v) is 9.57. The fourth-order valence-electron chi connectivity index (χ4n) is 4.66. The van der Waals surface area contributed by atoms with Gasteiger partial charge in [0.15, 0.2) is 0 Å². The Labute approximate surface area is 161 Å². The van der Waals surface area contributed by atoms with Crippen molar-refractivity contribution in [2.75, 3.05) is 5.32 Å². The molecule has 5 rings (SSSR count). The fourth-order valence-corrected chi connectivity index (χ4v) is 4.66. The maximum Gasteiger partial charge on any atom is 0.276 e. The number of pyridine rings is 1. The van der Waals surface area contributed by atoms with Crippen molar-refractivity contribution >= 4 is 28.3 Å². The van der Waals surface area contributed by atoms with E-state index in [-0.39, 0.29) is 11.5 Å². The Kier molecular flexibility index (Phi) is 3.56. The zero-order valence-corrected chi connectivity index (χ0v) is 15.9. The molecule has 0 radical (unpaired) electrons. The van der Waals surface area contributed by atoms with Gasteiger partial charge in [-0.1, -0.05) is 12.1 Å². The Balaban J connectivity index is 1.69. The van der Waals surface area contributed by atoms with Crippen LogP contribution < -0.4 is 16.2 Å². The van der Waals surface area contributed by atoms with Crippen molar-refractivity contribution in [2.45, 2.75) is 45.2 Å². The molecule has 2 aromatic heterocycles. The van der Waals surface area contributed by atoms with E-state index >= 15 is 0 Å². The van der Waals surface area contributed by atoms with Gasteiger partial charge in [0.2, 0.25) is 0 Å². The zero-order valence-electron chi connectivity index (χ0n) is 15.9. The number of hydrogen-bond donors (Lipinski definition) is 2. The molecule has 7 heteroatoms. The van der Waals surface area contributed by atoms with Crippen molar-refractivity contribution in [3.63, 3.8) is 0 Å². The van der Waals surface area contributed by atoms with Crippen LogP contribution in [0.2, 0.25) is 0 Å². The molecule has 1 aliphatic carbocycles. The van der Waals surface area contributed by atoms with Crippen LogP contribution in [0, 0.1) is 13.8 Å². The Hall–Kier alpha value is -3.22. The highest BCUT2D eigenvalue weighted by atomic mass is 16.2. The molecular weight excluding hydrogens is 354 g/mol. The maximum absolute atomic E-state index is 13.4. The van der Waals surface area contributed by atoms with Crippen molar-refractivity contribution in [3.8, 4) is 0 Å². The van der Waals surface area contributed by atoms with Gasteiger partial charge in [0.05, 0.1) is 5.52 Å². The average Bonchev–Trinajstić information content (AvgIpc) is 3.24. The van der Waals surface area contributed by atoms with Gasteiger partial charge >= 0.3 is 0 Å². The summed E-state index contributed by atoms with van der Waals surface area (Å²) in [5, 5.41) is 7.19. The molecule has 1 fully saturated rings. The number of amides is 1. The summed E-state index contributed by atoms with van der Waals surface area (Å²) < 4.78 is 1.68. The fraction of sp³-hybridized carbons (Fsp3) is 0.333. The number of anilines is 2. The van der Waals surface area contributed by atoms with E-state index in [0.29, 0.717) is 17.2 Å². The van der Waals surface area contributed by atoms with Crippen LogP contribution >= 0.6 is 0 Å². The largest absolute Gasteiger partial charge is 0.335 e. The van der Waals surface area contributed by atoms with Crippen LogP contribution in [0.3, 0.4) is 0 Å². The van der Waals surface area contributed by atoms with Crippen molar-refractivity contribution in [3.05, 3.63) is 57.8 Å². The van der Waals surface area contributed by atoms with Gasteiger partial charge in [-0.15, -0.1) is 0 Å². The predicted molar refractivity (Wildman–Crippen MR) is 107 cm³/mol. The van der Waals surface area contributed by atoms with Gasteiger partial charge in [-0.2, -0.15) is 0 Å². The quantitative estimate of drug-likeness (QED) is 0.718. The molecule has 0 bridgehead atoms. The number of carbonyl (C=O) groups excluding carboxylic acids is 1. The van der Waals surface area contributed by atoms with Crippen molar-refractivity contribution < 1.29 is 4.79 Å². The van der Waals surface area contributed by atoms with Crippen LogP contribution in [0.5, 0.6) is 0 Å². The molecule has 1 spiro atoms. The van der Waals surface area contributed by atoms with Crippen LogP contribution in [-0.4, -0.2) is 20.4 Å². The van der Waals surface area contributed by atoms with E-state index in [0.717, 1.165) is 47.7 Å². The highest BCUT2D eigenvalue weighted by Crippen LogP contribution is 2.39. The lowest BCUT2D eigenvalue weighted by molar-refractivity contribution is 0.0920. The average molecular weight is 375 g/mol. The van der Waals surface area contributed by atoms with Crippen molar-refractivity contribution in [1.82, 2.24) is 19.9 Å². The van der Waals surface area contributed by atoms with Gasteiger partial charge in [0.1, 0.15) is 29.2 Å². The summed E-state index contributed by atoms with van der Waals surface area (Å²) >= 11 is 0. The Morgan fingerprint density at radius 1 is 1.11 bits per heavy atom. The SMILES string of the molecule is Cc1cc(Nc2ncnc3cccc(C)c23)c(=O)n2c1C(=O)NC21CCCC1. The summed E-state index contributed by atoms with van der Waals surface area (Å²) in [4.78, 5) is 34.7. The van der Waals surface area contributed by atoms with Gasteiger partial charge in [-0.05, 0) is 62.8 Å². The molecule has 28 heavy (non-hydrogen) atoms. The van der Waals surface area contributed by atoms with Gasteiger partial charge in [-0.3, -0.25) is 14.2 Å². The first-order valence-electron chi connectivity index (χ1n) is 9.57. The van der Waals surface area contributed by atoms with Crippen LogP contribution in [0.1, 0.15) is 47.3 Å². The molecule has 7 nitrogen and oxygen atoms in total. The standard InChI is InChI=1S/C21H21N5O2/c1-12-6-5-7-14-16(12)18(23-11-22-14)24-15-10-13(2)17-19(27)25-21(8-3-4-9-21)26(17)20(15)28/h5-7,10-11H,3-4,8-9H2,1-2H3,(H,25,27)(H,22,23,24). The minimum atomic E-state index is -0.588. The number of fused-ring (bicyclic) bond motifs is 3. The molecule has 3 aromatic rings. The zero-order chi connectivity index (χ0) is 19.5. The molecule has 2 N–H and O–H groups in total. The Morgan fingerprint density at radius 2 is 1.89 bits per heavy atom. The van der Waals surface area contributed by atoms with E-state index in [1.54, 1.807) is 10.6 Å². The number of benzene rings is 1. The lowest BCUT2D eigenvalue weighted by atomic mass is 10.1. The van der Waals surface area contributed by atoms with Gasteiger partial charge < -0.3 is 10.6 Å². The molecular formula is C21H21N5O2. The number of rotatable bonds is 2. The molecule has 3 heterocycles. The Bertz CT molecular complexity index is 1190. The molecule has 0 unspecified atom stereocenters. The molecule has 142 valence electrons. The van der Waals surface area contributed by atoms with Crippen LogP contribution in [0.25, 0.3) is 10.9 Å². The lowest BCUT2D eigenvalue weighted by Crippen LogP contribution is -2.45. The third kappa shape index (κ3) is 2.28. The maximum atomic E-state index is 13.4. The van der Waals surface area contributed by atoms with E-state index in [2.05, 4.69) is 20.6 Å². The molecule has 1 aliphatic heterocycles. The van der Waals surface area contributed by atoms with Crippen LogP contribution in [0.15, 0.2) is 35.4 Å². The van der Waals surface area contributed by atoms with Crippen molar-refractivity contribution in [1.29, 1.82) is 0 Å². The second-order valence-corrected chi connectivity index (χ2v) is 7.74. The van der Waals surface area contributed by atoms with E-state index in [9.17, 15) is 9.59 Å². The van der Waals surface area contributed by atoms with Gasteiger partial charge in [0, 0.05) is 5.39 Å². The third-order valence-electron chi connectivity index (χ3n) is 5.94. The Morgan fingerprint density at radius 3 is 2.68 bits per heavy atom. The highest BCUT2D eigenvalue weighted by molar-refractivity contribution is 5.97. The topological polar surface area (TPSA) is 88.9 Å². The van der Waals surface area contributed by atoms with Gasteiger partial charge in [0.25, 0.3) is 11.5 Å². The highest BCUT2D eigenvalue weighted by Gasteiger charge is 2.46. The smallest absolute Gasteiger partial charge is 0.276 e. The number of hydrogen-bond acceptors (Lipinski definition) is 5. The number of carbonyl (C=O) groups is 1. The second-order valence-electron chi connectivity index (χ2n) is 7.74. The van der Waals surface area contributed by atoms with E-state index < -0.39 is 5.66 Å². The molecule has 1 amide bonds. The monoisotopic (exact) mass is 375 g/mol. The summed E-state index contributed by atoms with van der Waals surface area (Å²) in [6.45, 7) is 3.86. The molecule has 2 aliphatic rings. The minimum Gasteiger partial charge on any atom is -0.335 e. The van der Waals surface area contributed by atoms with Gasteiger partial charge in [-0.25, -0.2) is 9.97 Å². The summed E-state index contributed by atoms with van der Waals surface area (Å²) in [6, 6.07) is 7.61. The predicted octanol–water partition coefficient (Wildman–Crippen LogP) is 3.12. The molecule has 1 saturated carbocycles. The van der Waals surface area contributed by atoms with Crippen molar-refractivity contribution in [2.24, 2.45) is 0 Å². The number of nitrogens with zero attached hydrogens (tertiary/aromatic N) is 3. The summed E-state index contributed by atoms with van der Waals surface area (Å²) in [7, 11) is 0. The molecule has 0 atom stereocenters. The number of aromatic nitrogens is 3. The first-order chi connectivity index (χ1) is 13.5. The molecule has 1 aromatic carbocycles. The number of aryl methyl sites for hydroxylation is 2. The summed E-state index contributed by atoms with van der Waals surface area (Å²) in [5.74, 6) is 0.435. The normalized spacial score (nSPS) is 17.1. The molecule has 0 saturated heterocycles. The number of nitrogens with one attached hydrogen (secondary N) is 2. The first kappa shape index (κ1) is 16.9. The second kappa shape index (κ2) is 5.89. The lowest BCUT2D eigenvalue weighted by Gasteiger charge is -2.26. The summed E-state index contributed by atoms with van der Waals surface area (Å²) in [6.07, 6.45) is 5.05. The van der Waals surface area contributed by atoms with E-state index in [1.807, 2.05) is 32.0 Å². The van der Waals surface area contributed by atoms with E-state index in [1.165, 1.54) is 6.33 Å². The minimum absolute atomic E-state index is 0.161. The third-order valence-corrected chi connectivity index (χ3v) is 5.94. The summed E-state index contributed by atoms with van der Waals surface area (Å²) in [5.41, 5.74) is 2.74. The van der Waals surface area contributed by atoms with E-state index in [4.69, 9.17) is 0 Å². The van der Waals surface area contributed by atoms with Crippen LogP contribution in [0.4, 0.5) is 11.5 Å².